The number of hydrogen-bond donors (Lipinski definition) is 0. The van der Waals surface area contributed by atoms with E-state index >= 15 is 0 Å². The molecule has 0 fully saturated rings. The number of nitrogens with zero attached hydrogens (tertiary/aromatic N) is 2. The van der Waals surface area contributed by atoms with Gasteiger partial charge in [0.2, 0.25) is 0 Å². The summed E-state index contributed by atoms with van der Waals surface area (Å²) in [6, 6.07) is 4.08. The van der Waals surface area contributed by atoms with Gasteiger partial charge in [-0.3, -0.25) is 10.1 Å². The summed E-state index contributed by atoms with van der Waals surface area (Å²) in [6.45, 7) is 0. The number of non-ortho nitro benzene ring substituents is 1. The highest BCUT2D eigenvalue weighted by molar-refractivity contribution is 7.99. The fraction of sp³-hybridized carbons (Fsp3) is 0.125. The van der Waals surface area contributed by atoms with Crippen LogP contribution in [0.15, 0.2) is 27.8 Å². The van der Waals surface area contributed by atoms with Crippen LogP contribution in [0.5, 0.6) is 0 Å². The first-order chi connectivity index (χ1) is 7.58. The second-order valence-electron chi connectivity index (χ2n) is 2.74. The Kier molecular flexibility index (Phi) is 2.73. The zero-order valence-electron chi connectivity index (χ0n) is 7.59. The van der Waals surface area contributed by atoms with E-state index in [2.05, 4.69) is 4.98 Å². The molecule has 0 spiro atoms. The maximum Gasteiger partial charge on any atom is 0.298 e. The summed E-state index contributed by atoms with van der Waals surface area (Å²) in [7, 11) is 0. The van der Waals surface area contributed by atoms with Gasteiger partial charge in [0.25, 0.3) is 16.7 Å². The molecule has 84 valence electrons. The van der Waals surface area contributed by atoms with Crippen LogP contribution in [0.4, 0.5) is 14.5 Å². The van der Waals surface area contributed by atoms with Gasteiger partial charge in [-0.2, -0.15) is 13.8 Å². The van der Waals surface area contributed by atoms with Gasteiger partial charge in [-0.25, -0.2) is 0 Å². The third-order valence-corrected chi connectivity index (χ3v) is 2.32. The Morgan fingerprint density at radius 3 is 2.88 bits per heavy atom. The van der Waals surface area contributed by atoms with Crippen molar-refractivity contribution in [2.45, 2.75) is 11.0 Å². The average Bonchev–Trinajstić information content (AvgIpc) is 2.57. The van der Waals surface area contributed by atoms with Crippen molar-refractivity contribution in [3.63, 3.8) is 0 Å². The van der Waals surface area contributed by atoms with Gasteiger partial charge in [-0.15, -0.1) is 0 Å². The normalized spacial score (nSPS) is 11.2. The largest absolute Gasteiger partial charge is 0.431 e. The molecule has 1 aromatic heterocycles. The Morgan fingerprint density at radius 2 is 2.25 bits per heavy atom. The van der Waals surface area contributed by atoms with Crippen molar-refractivity contribution in [3.05, 3.63) is 28.3 Å². The molecular weight excluding hydrogens is 242 g/mol. The Morgan fingerprint density at radius 1 is 1.50 bits per heavy atom. The number of fused-ring (bicyclic) bond motifs is 1. The molecule has 0 saturated heterocycles. The molecule has 0 aliphatic rings. The minimum Gasteiger partial charge on any atom is -0.431 e. The third-order valence-electron chi connectivity index (χ3n) is 1.76. The van der Waals surface area contributed by atoms with Gasteiger partial charge in [0.1, 0.15) is 0 Å². The highest BCUT2D eigenvalue weighted by atomic mass is 32.2. The van der Waals surface area contributed by atoms with Crippen molar-refractivity contribution in [1.29, 1.82) is 0 Å². The lowest BCUT2D eigenvalue weighted by atomic mass is 10.3. The van der Waals surface area contributed by atoms with E-state index in [1.165, 1.54) is 18.2 Å². The third kappa shape index (κ3) is 1.96. The van der Waals surface area contributed by atoms with E-state index in [1.807, 2.05) is 0 Å². The zero-order valence-corrected chi connectivity index (χ0v) is 8.41. The number of alkyl halides is 2. The van der Waals surface area contributed by atoms with E-state index in [9.17, 15) is 18.9 Å². The Balaban J connectivity index is 2.52. The molecule has 2 rings (SSSR count). The molecule has 1 heterocycles. The number of rotatable bonds is 3. The van der Waals surface area contributed by atoms with Crippen LogP contribution in [0.2, 0.25) is 0 Å². The lowest BCUT2D eigenvalue weighted by Gasteiger charge is -1.89. The molecule has 0 saturated carbocycles. The van der Waals surface area contributed by atoms with E-state index in [1.54, 1.807) is 0 Å². The number of nitro benzene ring substituents is 1. The van der Waals surface area contributed by atoms with E-state index in [0.29, 0.717) is 0 Å². The summed E-state index contributed by atoms with van der Waals surface area (Å²) in [6.07, 6.45) is 0. The van der Waals surface area contributed by atoms with Crippen LogP contribution in [-0.2, 0) is 0 Å². The van der Waals surface area contributed by atoms with Crippen molar-refractivity contribution < 1.29 is 18.1 Å². The van der Waals surface area contributed by atoms with Crippen LogP contribution in [-0.4, -0.2) is 15.7 Å². The molecule has 2 aromatic rings. The second kappa shape index (κ2) is 4.05. The SMILES string of the molecule is O=[N+]([O-])c1cccc2oc(SC(F)F)nc12. The summed E-state index contributed by atoms with van der Waals surface area (Å²) < 4.78 is 29.0. The first-order valence-corrected chi connectivity index (χ1v) is 4.94. The lowest BCUT2D eigenvalue weighted by molar-refractivity contribution is -0.383. The van der Waals surface area contributed by atoms with Crippen LogP contribution < -0.4 is 0 Å². The molecule has 0 aliphatic carbocycles. The monoisotopic (exact) mass is 246 g/mol. The highest BCUT2D eigenvalue weighted by Crippen LogP contribution is 2.31. The van der Waals surface area contributed by atoms with Gasteiger partial charge in [0.05, 0.1) is 4.92 Å². The maximum atomic E-state index is 12.0. The summed E-state index contributed by atoms with van der Waals surface area (Å²) in [5, 5.41) is 10.3. The lowest BCUT2D eigenvalue weighted by Crippen LogP contribution is -1.88. The van der Waals surface area contributed by atoms with Crippen molar-refractivity contribution >= 4 is 28.5 Å². The maximum absolute atomic E-state index is 12.0. The van der Waals surface area contributed by atoms with E-state index in [0.717, 1.165) is 0 Å². The fourth-order valence-corrected chi connectivity index (χ4v) is 1.62. The summed E-state index contributed by atoms with van der Waals surface area (Å²) in [5.41, 5.74) is -0.157. The number of aromatic nitrogens is 1. The minimum atomic E-state index is -2.67. The summed E-state index contributed by atoms with van der Waals surface area (Å²) in [4.78, 5) is 13.6. The van der Waals surface area contributed by atoms with Gasteiger partial charge in [-0.1, -0.05) is 6.07 Å². The molecule has 1 aromatic carbocycles. The smallest absolute Gasteiger partial charge is 0.298 e. The number of oxazole rings is 1. The van der Waals surface area contributed by atoms with Gasteiger partial charge in [-0.05, 0) is 6.07 Å². The zero-order chi connectivity index (χ0) is 11.7. The predicted molar refractivity (Wildman–Crippen MR) is 52.5 cm³/mol. The van der Waals surface area contributed by atoms with Gasteiger partial charge < -0.3 is 4.42 Å². The molecule has 0 atom stereocenters. The Hall–Kier alpha value is -1.70. The summed E-state index contributed by atoms with van der Waals surface area (Å²) >= 11 is 0.111. The molecule has 5 nitrogen and oxygen atoms in total. The molecular formula is C8H4F2N2O3S. The van der Waals surface area contributed by atoms with Crippen molar-refractivity contribution in [3.8, 4) is 0 Å². The molecule has 0 bridgehead atoms. The first-order valence-electron chi connectivity index (χ1n) is 4.06. The van der Waals surface area contributed by atoms with Crippen LogP contribution in [0.1, 0.15) is 0 Å². The predicted octanol–water partition coefficient (Wildman–Crippen LogP) is 3.05. The topological polar surface area (TPSA) is 69.2 Å². The number of nitro groups is 1. The van der Waals surface area contributed by atoms with E-state index < -0.39 is 10.7 Å². The molecule has 16 heavy (non-hydrogen) atoms. The van der Waals surface area contributed by atoms with E-state index in [4.69, 9.17) is 4.42 Å². The number of benzene rings is 1. The molecule has 0 N–H and O–H groups in total. The first kappa shape index (κ1) is 10.8. The average molecular weight is 246 g/mol. The van der Waals surface area contributed by atoms with Crippen LogP contribution in [0, 0.1) is 10.1 Å². The number of halogens is 2. The number of hydrogen-bond acceptors (Lipinski definition) is 5. The standard InChI is InChI=1S/C8H4F2N2O3S/c9-7(10)16-8-11-6-4(12(13)14)2-1-3-5(6)15-8/h1-3,7H. The van der Waals surface area contributed by atoms with Crippen molar-refractivity contribution in [2.24, 2.45) is 0 Å². The van der Waals surface area contributed by atoms with Crippen LogP contribution >= 0.6 is 11.8 Å². The van der Waals surface area contributed by atoms with Gasteiger partial charge in [0.15, 0.2) is 11.1 Å². The molecule has 0 unspecified atom stereocenters. The minimum absolute atomic E-state index is 0.0179. The fourth-order valence-electron chi connectivity index (χ4n) is 1.19. The molecule has 8 heteroatoms. The van der Waals surface area contributed by atoms with Gasteiger partial charge >= 0.3 is 0 Å². The highest BCUT2D eigenvalue weighted by Gasteiger charge is 2.19. The van der Waals surface area contributed by atoms with Crippen molar-refractivity contribution in [1.82, 2.24) is 4.98 Å². The number of para-hydroxylation sites is 1. The van der Waals surface area contributed by atoms with Gasteiger partial charge in [0, 0.05) is 17.8 Å². The Labute approximate surface area is 91.6 Å². The Bertz CT molecular complexity index is 543. The molecule has 0 aliphatic heterocycles. The quantitative estimate of drug-likeness (QED) is 0.473. The molecule has 0 amide bonds. The van der Waals surface area contributed by atoms with Crippen molar-refractivity contribution in [2.75, 3.05) is 0 Å². The van der Waals surface area contributed by atoms with Crippen LogP contribution in [0.25, 0.3) is 11.1 Å². The second-order valence-corrected chi connectivity index (χ2v) is 3.68. The van der Waals surface area contributed by atoms with E-state index in [-0.39, 0.29) is 33.8 Å². The van der Waals surface area contributed by atoms with Crippen LogP contribution in [0.3, 0.4) is 0 Å². The summed E-state index contributed by atoms with van der Waals surface area (Å²) in [5.74, 6) is -2.67. The number of thioether (sulfide) groups is 1. The molecule has 0 radical (unpaired) electrons.